The Morgan fingerprint density at radius 1 is 1.27 bits per heavy atom. The second-order valence-electron chi connectivity index (χ2n) is 8.75. The van der Waals surface area contributed by atoms with Crippen LogP contribution in [-0.4, -0.2) is 54.4 Å². The van der Waals surface area contributed by atoms with E-state index in [1.807, 2.05) is 43.0 Å². The van der Waals surface area contributed by atoms with Crippen molar-refractivity contribution >= 4 is 5.91 Å². The fourth-order valence-electron chi connectivity index (χ4n) is 4.71. The largest absolute Gasteiger partial charge is 0.496 e. The summed E-state index contributed by atoms with van der Waals surface area (Å²) in [6.07, 6.45) is 2.94. The van der Waals surface area contributed by atoms with Gasteiger partial charge >= 0.3 is 0 Å². The van der Waals surface area contributed by atoms with Crippen molar-refractivity contribution in [2.45, 2.75) is 51.4 Å². The van der Waals surface area contributed by atoms with E-state index < -0.39 is 0 Å². The van der Waals surface area contributed by atoms with Crippen LogP contribution in [0.3, 0.4) is 0 Å². The third-order valence-electron chi connectivity index (χ3n) is 6.54. The number of aryl methyl sites for hydroxylation is 1. The number of hydrogen-bond acceptors (Lipinski definition) is 6. The molecule has 2 fully saturated rings. The molecule has 1 spiro atoms. The number of rotatable bonds is 6. The maximum atomic E-state index is 13.1. The Balaban J connectivity index is 1.49. The molecule has 2 saturated heterocycles. The van der Waals surface area contributed by atoms with Gasteiger partial charge < -0.3 is 18.8 Å². The van der Waals surface area contributed by atoms with Crippen LogP contribution < -0.4 is 4.74 Å². The molecule has 2 aliphatic heterocycles. The summed E-state index contributed by atoms with van der Waals surface area (Å²) in [6.45, 7) is 6.87. The summed E-state index contributed by atoms with van der Waals surface area (Å²) in [5, 5.41) is 8.61. The number of aromatic nitrogens is 2. The van der Waals surface area contributed by atoms with Gasteiger partial charge in [0.15, 0.2) is 0 Å². The Labute approximate surface area is 177 Å². The molecule has 1 atom stereocenters. The molecule has 0 bridgehead atoms. The maximum Gasteiger partial charge on any atom is 0.222 e. The van der Waals surface area contributed by atoms with Crippen LogP contribution in [-0.2, 0) is 16.0 Å². The minimum Gasteiger partial charge on any atom is -0.496 e. The molecule has 1 amide bonds. The third kappa shape index (κ3) is 4.08. The molecule has 3 heterocycles. The molecule has 0 aliphatic carbocycles. The van der Waals surface area contributed by atoms with E-state index in [-0.39, 0.29) is 23.2 Å². The molecule has 7 heteroatoms. The average molecular weight is 414 g/mol. The second-order valence-corrected chi connectivity index (χ2v) is 8.75. The number of ether oxygens (including phenoxy) is 2. The number of methoxy groups -OCH3 is 1. The molecule has 0 saturated carbocycles. The summed E-state index contributed by atoms with van der Waals surface area (Å²) < 4.78 is 17.1. The van der Waals surface area contributed by atoms with Crippen molar-refractivity contribution in [2.24, 2.45) is 5.41 Å². The standard InChI is InChI=1S/C23H31N3O4/c1-16(2)21-24-25-22(30-21)18-14-26(15-23(18)10-12-29-13-11-23)20(27)9-8-17-6-4-5-7-19(17)28-3/h4-7,16,18H,8-15H2,1-3H3. The number of carbonyl (C=O) groups is 1. The Hall–Kier alpha value is -2.41. The van der Waals surface area contributed by atoms with E-state index in [4.69, 9.17) is 13.9 Å². The minimum atomic E-state index is -0.0425. The molecule has 0 N–H and O–H groups in total. The lowest BCUT2D eigenvalue weighted by atomic mass is 9.72. The van der Waals surface area contributed by atoms with E-state index in [1.54, 1.807) is 7.11 Å². The molecule has 7 nitrogen and oxygen atoms in total. The quantitative estimate of drug-likeness (QED) is 0.721. The molecule has 162 valence electrons. The highest BCUT2D eigenvalue weighted by atomic mass is 16.5. The Morgan fingerprint density at radius 3 is 2.73 bits per heavy atom. The fourth-order valence-corrected chi connectivity index (χ4v) is 4.71. The third-order valence-corrected chi connectivity index (χ3v) is 6.54. The van der Waals surface area contributed by atoms with Crippen molar-refractivity contribution in [2.75, 3.05) is 33.4 Å². The molecular formula is C23H31N3O4. The summed E-state index contributed by atoms with van der Waals surface area (Å²) in [4.78, 5) is 15.1. The van der Waals surface area contributed by atoms with Gasteiger partial charge in [0.1, 0.15) is 5.75 Å². The van der Waals surface area contributed by atoms with Crippen molar-refractivity contribution < 1.29 is 18.7 Å². The van der Waals surface area contributed by atoms with Gasteiger partial charge in [-0.25, -0.2) is 0 Å². The van der Waals surface area contributed by atoms with Gasteiger partial charge in [-0.3, -0.25) is 4.79 Å². The van der Waals surface area contributed by atoms with E-state index >= 15 is 0 Å². The van der Waals surface area contributed by atoms with Crippen LogP contribution >= 0.6 is 0 Å². The van der Waals surface area contributed by atoms with Gasteiger partial charge in [-0.05, 0) is 30.9 Å². The lowest BCUT2D eigenvalue weighted by molar-refractivity contribution is -0.130. The van der Waals surface area contributed by atoms with Gasteiger partial charge in [-0.2, -0.15) is 0 Å². The van der Waals surface area contributed by atoms with Crippen molar-refractivity contribution in [1.29, 1.82) is 0 Å². The van der Waals surface area contributed by atoms with Crippen LogP contribution in [0.5, 0.6) is 5.75 Å². The van der Waals surface area contributed by atoms with E-state index in [0.717, 1.165) is 30.7 Å². The van der Waals surface area contributed by atoms with Crippen LogP contribution in [0.4, 0.5) is 0 Å². The zero-order valence-electron chi connectivity index (χ0n) is 18.1. The number of likely N-dealkylation sites (tertiary alicyclic amines) is 1. The second kappa shape index (κ2) is 8.76. The molecule has 4 rings (SSSR count). The highest BCUT2D eigenvalue weighted by Gasteiger charge is 2.51. The van der Waals surface area contributed by atoms with Crippen molar-refractivity contribution in [3.05, 3.63) is 41.6 Å². The van der Waals surface area contributed by atoms with Crippen LogP contribution in [0.25, 0.3) is 0 Å². The van der Waals surface area contributed by atoms with Gasteiger partial charge in [0, 0.05) is 44.1 Å². The van der Waals surface area contributed by atoms with Crippen molar-refractivity contribution in [3.8, 4) is 5.75 Å². The summed E-state index contributed by atoms with van der Waals surface area (Å²) >= 11 is 0. The van der Waals surface area contributed by atoms with Crippen LogP contribution in [0, 0.1) is 5.41 Å². The Bertz CT molecular complexity index is 873. The smallest absolute Gasteiger partial charge is 0.222 e. The molecule has 0 radical (unpaired) electrons. The lowest BCUT2D eigenvalue weighted by Gasteiger charge is -2.36. The summed E-state index contributed by atoms with van der Waals surface area (Å²) in [5.41, 5.74) is 1.02. The topological polar surface area (TPSA) is 77.7 Å². The first kappa shape index (κ1) is 20.8. The molecular weight excluding hydrogens is 382 g/mol. The molecule has 1 aromatic carbocycles. The van der Waals surface area contributed by atoms with Crippen LogP contribution in [0.1, 0.15) is 62.3 Å². The normalized spacial score (nSPS) is 20.8. The summed E-state index contributed by atoms with van der Waals surface area (Å²) in [5.74, 6) is 2.58. The fraction of sp³-hybridized carbons (Fsp3) is 0.609. The summed E-state index contributed by atoms with van der Waals surface area (Å²) in [6, 6.07) is 7.88. The number of hydrogen-bond donors (Lipinski definition) is 0. The Kier molecular flexibility index (Phi) is 6.09. The Morgan fingerprint density at radius 2 is 2.03 bits per heavy atom. The number of nitrogens with zero attached hydrogens (tertiary/aromatic N) is 3. The zero-order chi connectivity index (χ0) is 21.1. The van der Waals surface area contributed by atoms with Crippen molar-refractivity contribution in [3.63, 3.8) is 0 Å². The number of amides is 1. The van der Waals surface area contributed by atoms with Gasteiger partial charge in [0.25, 0.3) is 0 Å². The first-order valence-corrected chi connectivity index (χ1v) is 10.8. The molecule has 1 aromatic heterocycles. The number of carbonyl (C=O) groups excluding carboxylic acids is 1. The van der Waals surface area contributed by atoms with E-state index in [0.29, 0.717) is 44.4 Å². The molecule has 2 aliphatic rings. The van der Waals surface area contributed by atoms with Crippen LogP contribution in [0.2, 0.25) is 0 Å². The molecule has 2 aromatic rings. The zero-order valence-corrected chi connectivity index (χ0v) is 18.1. The maximum absolute atomic E-state index is 13.1. The first-order valence-electron chi connectivity index (χ1n) is 10.8. The van der Waals surface area contributed by atoms with Gasteiger partial charge in [-0.15, -0.1) is 10.2 Å². The monoisotopic (exact) mass is 413 g/mol. The van der Waals surface area contributed by atoms with Gasteiger partial charge in [-0.1, -0.05) is 32.0 Å². The number of para-hydroxylation sites is 1. The molecule has 30 heavy (non-hydrogen) atoms. The van der Waals surface area contributed by atoms with Crippen LogP contribution in [0.15, 0.2) is 28.7 Å². The predicted octanol–water partition coefficient (Wildman–Crippen LogP) is 3.56. The lowest BCUT2D eigenvalue weighted by Crippen LogP contribution is -2.37. The first-order chi connectivity index (χ1) is 14.5. The van der Waals surface area contributed by atoms with Crippen molar-refractivity contribution in [1.82, 2.24) is 15.1 Å². The minimum absolute atomic E-state index is 0.0425. The molecule has 1 unspecified atom stereocenters. The number of benzene rings is 1. The predicted molar refractivity (Wildman–Crippen MR) is 112 cm³/mol. The average Bonchev–Trinajstić information content (AvgIpc) is 3.38. The SMILES string of the molecule is COc1ccccc1CCC(=O)N1CC(c2nnc(C(C)C)o2)C2(CCOCC2)C1. The highest BCUT2D eigenvalue weighted by molar-refractivity contribution is 5.77. The van der Waals surface area contributed by atoms with E-state index in [9.17, 15) is 4.79 Å². The van der Waals surface area contributed by atoms with Gasteiger partial charge in [0.05, 0.1) is 13.0 Å². The summed E-state index contributed by atoms with van der Waals surface area (Å²) in [7, 11) is 1.66. The van der Waals surface area contributed by atoms with E-state index in [2.05, 4.69) is 10.2 Å². The van der Waals surface area contributed by atoms with Gasteiger partial charge in [0.2, 0.25) is 17.7 Å². The van der Waals surface area contributed by atoms with E-state index in [1.165, 1.54) is 0 Å². The highest BCUT2D eigenvalue weighted by Crippen LogP contribution is 2.49.